The first-order valence-electron chi connectivity index (χ1n) is 4.18. The number of hydrogen-bond acceptors (Lipinski definition) is 2. The van der Waals surface area contributed by atoms with Crippen LogP contribution in [0.1, 0.15) is 12.0 Å². The van der Waals surface area contributed by atoms with Gasteiger partial charge in [0.1, 0.15) is 0 Å². The Kier molecular flexibility index (Phi) is 4.48. The maximum atomic E-state index is 10.5. The first-order valence-corrected chi connectivity index (χ1v) is 6.20. The van der Waals surface area contributed by atoms with E-state index in [-0.39, 0.29) is 6.42 Å². The predicted octanol–water partition coefficient (Wildman–Crippen LogP) is 3.19. The summed E-state index contributed by atoms with van der Waals surface area (Å²) >= 11 is 5.07. The molecule has 0 saturated heterocycles. The predicted molar refractivity (Wildman–Crippen MR) is 61.9 cm³/mol. The molecular formula is C10H11BrO2S. The van der Waals surface area contributed by atoms with E-state index in [0.717, 1.165) is 14.9 Å². The Morgan fingerprint density at radius 1 is 1.57 bits per heavy atom. The molecule has 0 atom stereocenters. The van der Waals surface area contributed by atoms with Gasteiger partial charge < -0.3 is 5.11 Å². The molecule has 0 spiro atoms. The molecule has 0 aliphatic carbocycles. The summed E-state index contributed by atoms with van der Waals surface area (Å²) in [7, 11) is 0. The van der Waals surface area contributed by atoms with E-state index >= 15 is 0 Å². The van der Waals surface area contributed by atoms with Crippen molar-refractivity contribution in [2.24, 2.45) is 0 Å². The fraction of sp³-hybridized carbons (Fsp3) is 0.300. The summed E-state index contributed by atoms with van der Waals surface area (Å²) in [6.07, 6.45) is 2.75. The van der Waals surface area contributed by atoms with Gasteiger partial charge in [0.25, 0.3) is 0 Å². The van der Waals surface area contributed by atoms with Gasteiger partial charge in [-0.1, -0.05) is 22.0 Å². The van der Waals surface area contributed by atoms with Crippen LogP contribution in [0, 0.1) is 0 Å². The van der Waals surface area contributed by atoms with Crippen LogP contribution in [-0.2, 0) is 11.2 Å². The summed E-state index contributed by atoms with van der Waals surface area (Å²) in [6, 6.07) is 5.91. The molecule has 4 heteroatoms. The van der Waals surface area contributed by atoms with Gasteiger partial charge in [0.15, 0.2) is 0 Å². The van der Waals surface area contributed by atoms with Crippen LogP contribution in [0.2, 0.25) is 0 Å². The summed E-state index contributed by atoms with van der Waals surface area (Å²) < 4.78 is 0.991. The van der Waals surface area contributed by atoms with Crippen molar-refractivity contribution >= 4 is 33.7 Å². The second kappa shape index (κ2) is 5.41. The van der Waals surface area contributed by atoms with E-state index < -0.39 is 5.97 Å². The Bertz CT molecular complexity index is 339. The van der Waals surface area contributed by atoms with Gasteiger partial charge in [0, 0.05) is 15.8 Å². The van der Waals surface area contributed by atoms with Gasteiger partial charge in [0.2, 0.25) is 0 Å². The number of carboxylic acid groups (broad SMARTS) is 1. The molecule has 1 rings (SSSR count). The molecule has 1 aromatic rings. The average Bonchev–Trinajstić information content (AvgIpc) is 2.15. The van der Waals surface area contributed by atoms with E-state index in [1.54, 1.807) is 11.8 Å². The Labute approximate surface area is 95.8 Å². The third kappa shape index (κ3) is 3.03. The quantitative estimate of drug-likeness (QED) is 0.857. The molecule has 0 heterocycles. The summed E-state index contributed by atoms with van der Waals surface area (Å²) in [4.78, 5) is 11.6. The van der Waals surface area contributed by atoms with Crippen LogP contribution in [0.15, 0.2) is 27.6 Å². The fourth-order valence-corrected chi connectivity index (χ4v) is 2.57. The average molecular weight is 275 g/mol. The number of hydrogen-bond donors (Lipinski definition) is 1. The van der Waals surface area contributed by atoms with E-state index in [9.17, 15) is 4.79 Å². The topological polar surface area (TPSA) is 37.3 Å². The van der Waals surface area contributed by atoms with Gasteiger partial charge in [-0.25, -0.2) is 0 Å². The molecule has 0 aliphatic heterocycles. The van der Waals surface area contributed by atoms with Gasteiger partial charge in [0.05, 0.1) is 0 Å². The first-order chi connectivity index (χ1) is 6.65. The molecule has 1 N–H and O–H groups in total. The Hall–Kier alpha value is -0.480. The second-order valence-electron chi connectivity index (χ2n) is 2.81. The standard InChI is InChI=1S/C10H11BrO2S/c1-14-9-4-2-3-8(11)7(9)5-6-10(12)13/h2-4H,5-6H2,1H3,(H,12,13). The van der Waals surface area contributed by atoms with Crippen molar-refractivity contribution in [1.29, 1.82) is 0 Å². The zero-order valence-electron chi connectivity index (χ0n) is 7.79. The lowest BCUT2D eigenvalue weighted by atomic mass is 10.1. The zero-order chi connectivity index (χ0) is 10.6. The maximum absolute atomic E-state index is 10.5. The van der Waals surface area contributed by atoms with Crippen LogP contribution in [0.3, 0.4) is 0 Å². The van der Waals surface area contributed by atoms with Gasteiger partial charge in [-0.15, -0.1) is 11.8 Å². The van der Waals surface area contributed by atoms with Crippen LogP contribution in [0.4, 0.5) is 0 Å². The Morgan fingerprint density at radius 2 is 2.29 bits per heavy atom. The van der Waals surface area contributed by atoms with Crippen molar-refractivity contribution in [2.45, 2.75) is 17.7 Å². The highest BCUT2D eigenvalue weighted by molar-refractivity contribution is 9.10. The maximum Gasteiger partial charge on any atom is 0.303 e. The summed E-state index contributed by atoms with van der Waals surface area (Å²) in [6.45, 7) is 0. The van der Waals surface area contributed by atoms with E-state index in [4.69, 9.17) is 5.11 Å². The van der Waals surface area contributed by atoms with Crippen LogP contribution >= 0.6 is 27.7 Å². The lowest BCUT2D eigenvalue weighted by Crippen LogP contribution is -1.99. The van der Waals surface area contributed by atoms with Crippen LogP contribution < -0.4 is 0 Å². The van der Waals surface area contributed by atoms with E-state index in [0.29, 0.717) is 6.42 Å². The molecule has 0 radical (unpaired) electrons. The largest absolute Gasteiger partial charge is 0.481 e. The number of carbonyl (C=O) groups is 1. The Balaban J connectivity index is 2.87. The minimum absolute atomic E-state index is 0.177. The molecule has 14 heavy (non-hydrogen) atoms. The molecule has 76 valence electrons. The molecular weight excluding hydrogens is 264 g/mol. The highest BCUT2D eigenvalue weighted by Crippen LogP contribution is 2.28. The molecule has 2 nitrogen and oxygen atoms in total. The van der Waals surface area contributed by atoms with Gasteiger partial charge in [-0.2, -0.15) is 0 Å². The summed E-state index contributed by atoms with van der Waals surface area (Å²) in [5, 5.41) is 8.61. The number of rotatable bonds is 4. The van der Waals surface area contributed by atoms with Crippen molar-refractivity contribution in [2.75, 3.05) is 6.26 Å². The van der Waals surface area contributed by atoms with Crippen molar-refractivity contribution in [3.8, 4) is 0 Å². The molecule has 0 aliphatic rings. The Morgan fingerprint density at radius 3 is 2.86 bits per heavy atom. The zero-order valence-corrected chi connectivity index (χ0v) is 10.2. The number of aliphatic carboxylic acids is 1. The van der Waals surface area contributed by atoms with E-state index in [1.165, 1.54) is 0 Å². The van der Waals surface area contributed by atoms with Crippen molar-refractivity contribution in [3.63, 3.8) is 0 Å². The smallest absolute Gasteiger partial charge is 0.303 e. The summed E-state index contributed by atoms with van der Waals surface area (Å²) in [5.74, 6) is -0.757. The first kappa shape index (κ1) is 11.6. The van der Waals surface area contributed by atoms with E-state index in [1.807, 2.05) is 24.5 Å². The lowest BCUT2D eigenvalue weighted by Gasteiger charge is -2.07. The van der Waals surface area contributed by atoms with Gasteiger partial charge in [-0.3, -0.25) is 4.79 Å². The minimum Gasteiger partial charge on any atom is -0.481 e. The normalized spacial score (nSPS) is 10.1. The van der Waals surface area contributed by atoms with Gasteiger partial charge >= 0.3 is 5.97 Å². The lowest BCUT2D eigenvalue weighted by molar-refractivity contribution is -0.136. The molecule has 0 fully saturated rings. The van der Waals surface area contributed by atoms with Crippen molar-refractivity contribution < 1.29 is 9.90 Å². The molecule has 1 aromatic carbocycles. The summed E-state index contributed by atoms with van der Waals surface area (Å²) in [5.41, 5.74) is 1.09. The van der Waals surface area contributed by atoms with Crippen LogP contribution in [0.25, 0.3) is 0 Å². The number of thioether (sulfide) groups is 1. The van der Waals surface area contributed by atoms with Crippen molar-refractivity contribution in [1.82, 2.24) is 0 Å². The fourth-order valence-electron chi connectivity index (χ4n) is 1.20. The van der Waals surface area contributed by atoms with Crippen LogP contribution in [0.5, 0.6) is 0 Å². The molecule has 0 bridgehead atoms. The third-order valence-electron chi connectivity index (χ3n) is 1.88. The highest BCUT2D eigenvalue weighted by atomic mass is 79.9. The third-order valence-corrected chi connectivity index (χ3v) is 3.45. The minimum atomic E-state index is -0.757. The monoisotopic (exact) mass is 274 g/mol. The number of benzene rings is 1. The van der Waals surface area contributed by atoms with Crippen LogP contribution in [-0.4, -0.2) is 17.3 Å². The molecule has 0 saturated carbocycles. The second-order valence-corrected chi connectivity index (χ2v) is 4.52. The molecule has 0 aromatic heterocycles. The SMILES string of the molecule is CSc1cccc(Br)c1CCC(=O)O. The number of carboxylic acids is 1. The molecule has 0 amide bonds. The van der Waals surface area contributed by atoms with Crippen molar-refractivity contribution in [3.05, 3.63) is 28.2 Å². The highest BCUT2D eigenvalue weighted by Gasteiger charge is 2.07. The molecule has 0 unspecified atom stereocenters. The van der Waals surface area contributed by atoms with Gasteiger partial charge in [-0.05, 0) is 30.4 Å². The van der Waals surface area contributed by atoms with E-state index in [2.05, 4.69) is 15.9 Å². The number of halogens is 1.